The van der Waals surface area contributed by atoms with E-state index in [0.717, 1.165) is 0 Å². The minimum Gasteiger partial charge on any atom is -0.292 e. The number of hydrogen-bond donors (Lipinski definition) is 0. The number of nitro groups is 1. The van der Waals surface area contributed by atoms with E-state index in [-0.39, 0.29) is 11.5 Å². The Balaban J connectivity index is 2.94. The molecule has 1 rings (SSSR count). The van der Waals surface area contributed by atoms with E-state index in [4.69, 9.17) is 0 Å². The van der Waals surface area contributed by atoms with Crippen LogP contribution in [0.25, 0.3) is 0 Å². The van der Waals surface area contributed by atoms with Crippen LogP contribution in [0, 0.1) is 10.1 Å². The number of carbonyl (C=O) groups excluding carboxylic acids is 1. The standard InChI is InChI=1S/C8H5Br2NO3/c9-8(10)7(12)5-1-3-6(4-2-5)11(13)14/h1-4,8H. The maximum Gasteiger partial charge on any atom is 0.269 e. The van der Waals surface area contributed by atoms with Crippen molar-refractivity contribution in [3.8, 4) is 0 Å². The lowest BCUT2D eigenvalue weighted by Crippen LogP contribution is -2.06. The molecular weight excluding hydrogens is 318 g/mol. The van der Waals surface area contributed by atoms with Crippen molar-refractivity contribution in [2.75, 3.05) is 0 Å². The van der Waals surface area contributed by atoms with E-state index in [9.17, 15) is 14.9 Å². The van der Waals surface area contributed by atoms with Crippen LogP contribution >= 0.6 is 31.9 Å². The highest BCUT2D eigenvalue weighted by molar-refractivity contribution is 9.25. The molecule has 0 bridgehead atoms. The second-order valence-electron chi connectivity index (χ2n) is 2.47. The van der Waals surface area contributed by atoms with Crippen LogP contribution in [0.1, 0.15) is 10.4 Å². The van der Waals surface area contributed by atoms with Crippen LogP contribution < -0.4 is 0 Å². The number of Topliss-reactive ketones (excluding diaryl/α,β-unsaturated/α-hetero) is 1. The first-order valence-corrected chi connectivity index (χ1v) is 5.42. The zero-order valence-electron chi connectivity index (χ0n) is 6.81. The average molecular weight is 323 g/mol. The maximum absolute atomic E-state index is 11.4. The molecule has 0 radical (unpaired) electrons. The lowest BCUT2D eigenvalue weighted by molar-refractivity contribution is -0.384. The van der Waals surface area contributed by atoms with Crippen molar-refractivity contribution in [2.24, 2.45) is 0 Å². The van der Waals surface area contributed by atoms with Gasteiger partial charge in [0.15, 0.2) is 5.78 Å². The van der Waals surface area contributed by atoms with Crippen molar-refractivity contribution in [2.45, 2.75) is 3.74 Å². The fourth-order valence-electron chi connectivity index (χ4n) is 0.873. The number of nitro benzene ring substituents is 1. The Morgan fingerprint density at radius 2 is 1.79 bits per heavy atom. The van der Waals surface area contributed by atoms with E-state index < -0.39 is 8.66 Å². The number of hydrogen-bond acceptors (Lipinski definition) is 3. The molecule has 0 saturated heterocycles. The van der Waals surface area contributed by atoms with Crippen LogP contribution in [0.4, 0.5) is 5.69 Å². The van der Waals surface area contributed by atoms with Crippen molar-refractivity contribution >= 4 is 43.3 Å². The van der Waals surface area contributed by atoms with Crippen LogP contribution in [0.3, 0.4) is 0 Å². The van der Waals surface area contributed by atoms with Gasteiger partial charge in [-0.15, -0.1) is 0 Å². The van der Waals surface area contributed by atoms with Gasteiger partial charge < -0.3 is 0 Å². The quantitative estimate of drug-likeness (QED) is 0.372. The zero-order chi connectivity index (χ0) is 10.7. The van der Waals surface area contributed by atoms with Gasteiger partial charge in [-0.1, -0.05) is 31.9 Å². The molecule has 0 aliphatic heterocycles. The normalized spacial score (nSPS) is 10.2. The molecule has 0 saturated carbocycles. The number of nitrogens with zero attached hydrogens (tertiary/aromatic N) is 1. The zero-order valence-corrected chi connectivity index (χ0v) is 9.99. The fourth-order valence-corrected chi connectivity index (χ4v) is 1.40. The number of alkyl halides is 2. The molecule has 0 aliphatic rings. The van der Waals surface area contributed by atoms with Gasteiger partial charge in [-0.2, -0.15) is 0 Å². The number of carbonyl (C=O) groups is 1. The van der Waals surface area contributed by atoms with Gasteiger partial charge >= 0.3 is 0 Å². The van der Waals surface area contributed by atoms with Crippen molar-refractivity contribution in [3.63, 3.8) is 0 Å². The van der Waals surface area contributed by atoms with Crippen LogP contribution in [-0.2, 0) is 0 Å². The summed E-state index contributed by atoms with van der Waals surface area (Å²) in [6.45, 7) is 0. The molecule has 0 heterocycles. The second-order valence-corrected chi connectivity index (χ2v) is 5.53. The van der Waals surface area contributed by atoms with Crippen molar-refractivity contribution in [1.82, 2.24) is 0 Å². The first-order valence-electron chi connectivity index (χ1n) is 3.59. The molecule has 0 aromatic heterocycles. The number of ketones is 1. The Morgan fingerprint density at radius 1 is 1.29 bits per heavy atom. The molecule has 6 heteroatoms. The number of benzene rings is 1. The average Bonchev–Trinajstić information content (AvgIpc) is 2.16. The molecule has 4 nitrogen and oxygen atoms in total. The number of rotatable bonds is 3. The molecule has 0 unspecified atom stereocenters. The summed E-state index contributed by atoms with van der Waals surface area (Å²) in [5.41, 5.74) is 0.400. The number of non-ortho nitro benzene ring substituents is 1. The highest BCUT2D eigenvalue weighted by Crippen LogP contribution is 2.18. The largest absolute Gasteiger partial charge is 0.292 e. The minimum atomic E-state index is -0.506. The van der Waals surface area contributed by atoms with Gasteiger partial charge in [-0.05, 0) is 12.1 Å². The summed E-state index contributed by atoms with van der Waals surface area (Å²) in [5, 5.41) is 10.3. The van der Waals surface area contributed by atoms with E-state index in [1.165, 1.54) is 24.3 Å². The van der Waals surface area contributed by atoms with Gasteiger partial charge in [0, 0.05) is 17.7 Å². The van der Waals surface area contributed by atoms with Crippen LogP contribution in [0.2, 0.25) is 0 Å². The molecule has 1 aromatic carbocycles. The van der Waals surface area contributed by atoms with Crippen LogP contribution in [0.5, 0.6) is 0 Å². The first-order chi connectivity index (χ1) is 6.52. The molecule has 0 N–H and O–H groups in total. The predicted molar refractivity (Wildman–Crippen MR) is 59.1 cm³/mol. The van der Waals surface area contributed by atoms with Crippen molar-refractivity contribution < 1.29 is 9.72 Å². The van der Waals surface area contributed by atoms with Gasteiger partial charge in [0.2, 0.25) is 0 Å². The monoisotopic (exact) mass is 321 g/mol. The summed E-state index contributed by atoms with van der Waals surface area (Å²) in [4.78, 5) is 21.2. The summed E-state index contributed by atoms with van der Waals surface area (Å²) < 4.78 is -0.462. The summed E-state index contributed by atoms with van der Waals surface area (Å²) in [6.07, 6.45) is 0. The third-order valence-electron chi connectivity index (χ3n) is 1.56. The Labute approximate surface area is 96.7 Å². The van der Waals surface area contributed by atoms with Gasteiger partial charge in [0.05, 0.1) is 4.92 Å². The Kier molecular flexibility index (Phi) is 3.77. The highest BCUT2D eigenvalue weighted by atomic mass is 79.9. The lowest BCUT2D eigenvalue weighted by atomic mass is 10.1. The molecule has 0 amide bonds. The molecular formula is C8H5Br2NO3. The third kappa shape index (κ3) is 2.62. The molecule has 0 atom stereocenters. The Morgan fingerprint density at radius 3 is 2.14 bits per heavy atom. The lowest BCUT2D eigenvalue weighted by Gasteiger charge is -2.00. The molecule has 74 valence electrons. The summed E-state index contributed by atoms with van der Waals surface area (Å²) in [7, 11) is 0. The summed E-state index contributed by atoms with van der Waals surface area (Å²) in [6, 6.07) is 5.46. The smallest absolute Gasteiger partial charge is 0.269 e. The minimum absolute atomic E-state index is 0.0257. The summed E-state index contributed by atoms with van der Waals surface area (Å²) >= 11 is 6.11. The van der Waals surface area contributed by atoms with Gasteiger partial charge in [0.1, 0.15) is 3.74 Å². The van der Waals surface area contributed by atoms with Crippen LogP contribution in [0.15, 0.2) is 24.3 Å². The fraction of sp³-hybridized carbons (Fsp3) is 0.125. The van der Waals surface area contributed by atoms with E-state index >= 15 is 0 Å². The summed E-state index contributed by atoms with van der Waals surface area (Å²) in [5.74, 6) is -0.167. The topological polar surface area (TPSA) is 60.2 Å². The second kappa shape index (κ2) is 4.65. The van der Waals surface area contributed by atoms with Gasteiger partial charge in [-0.25, -0.2) is 0 Å². The third-order valence-corrected chi connectivity index (χ3v) is 2.39. The molecule has 0 aliphatic carbocycles. The maximum atomic E-state index is 11.4. The van der Waals surface area contributed by atoms with Gasteiger partial charge in [0.25, 0.3) is 5.69 Å². The van der Waals surface area contributed by atoms with Crippen LogP contribution in [-0.4, -0.2) is 14.4 Å². The highest BCUT2D eigenvalue weighted by Gasteiger charge is 2.14. The predicted octanol–water partition coefficient (Wildman–Crippen LogP) is 2.89. The van der Waals surface area contributed by atoms with Crippen molar-refractivity contribution in [1.29, 1.82) is 0 Å². The number of halogens is 2. The van der Waals surface area contributed by atoms with E-state index in [1.807, 2.05) is 0 Å². The first kappa shape index (κ1) is 11.3. The Hall–Kier alpha value is -0.750. The van der Waals surface area contributed by atoms with E-state index in [0.29, 0.717) is 5.56 Å². The molecule has 1 aromatic rings. The Bertz CT molecular complexity index is 361. The van der Waals surface area contributed by atoms with Crippen molar-refractivity contribution in [3.05, 3.63) is 39.9 Å². The molecule has 0 fully saturated rings. The van der Waals surface area contributed by atoms with E-state index in [1.54, 1.807) is 0 Å². The molecule has 14 heavy (non-hydrogen) atoms. The molecule has 0 spiro atoms. The van der Waals surface area contributed by atoms with E-state index in [2.05, 4.69) is 31.9 Å². The van der Waals surface area contributed by atoms with Gasteiger partial charge in [-0.3, -0.25) is 14.9 Å². The SMILES string of the molecule is O=C(c1ccc([N+](=O)[O-])cc1)C(Br)Br.